The molecule has 0 aliphatic heterocycles. The van der Waals surface area contributed by atoms with Gasteiger partial charge in [0, 0.05) is 37.5 Å². The van der Waals surface area contributed by atoms with Gasteiger partial charge in [-0.05, 0) is 25.0 Å². The zero-order valence-electron chi connectivity index (χ0n) is 14.2. The van der Waals surface area contributed by atoms with Crippen molar-refractivity contribution >= 4 is 29.1 Å². The van der Waals surface area contributed by atoms with Gasteiger partial charge in [-0.3, -0.25) is 9.59 Å². The Balaban J connectivity index is 2.85. The standard InChI is InChI=1S/C17H25ClN2O3/c1-5-6-8-19-17(22)7-9-20(13(3)21)15-10-12(2)14(18)11-16(15)23-4/h10-11H,5-9H2,1-4H3,(H,19,22). The van der Waals surface area contributed by atoms with Crippen LogP contribution in [0.3, 0.4) is 0 Å². The monoisotopic (exact) mass is 340 g/mol. The number of aryl methyl sites for hydroxylation is 1. The van der Waals surface area contributed by atoms with Gasteiger partial charge in [0.2, 0.25) is 11.8 Å². The summed E-state index contributed by atoms with van der Waals surface area (Å²) in [6, 6.07) is 3.49. The summed E-state index contributed by atoms with van der Waals surface area (Å²) in [6.07, 6.45) is 2.22. The van der Waals surface area contributed by atoms with Crippen LogP contribution in [-0.4, -0.2) is 32.0 Å². The van der Waals surface area contributed by atoms with Gasteiger partial charge in [-0.25, -0.2) is 0 Å². The molecule has 1 N–H and O–H groups in total. The van der Waals surface area contributed by atoms with Crippen LogP contribution >= 0.6 is 11.6 Å². The predicted octanol–water partition coefficient (Wildman–Crippen LogP) is 3.32. The van der Waals surface area contributed by atoms with E-state index >= 15 is 0 Å². The number of carbonyl (C=O) groups is 2. The molecule has 128 valence electrons. The minimum Gasteiger partial charge on any atom is -0.495 e. The van der Waals surface area contributed by atoms with Gasteiger partial charge in [-0.1, -0.05) is 24.9 Å². The second kappa shape index (κ2) is 9.40. The number of hydrogen-bond acceptors (Lipinski definition) is 3. The SMILES string of the molecule is CCCCNC(=O)CCN(C(C)=O)c1cc(C)c(Cl)cc1OC. The Bertz CT molecular complexity index is 561. The highest BCUT2D eigenvalue weighted by molar-refractivity contribution is 6.31. The first-order valence-electron chi connectivity index (χ1n) is 7.79. The molecule has 0 fully saturated rings. The van der Waals surface area contributed by atoms with E-state index in [0.717, 1.165) is 18.4 Å². The van der Waals surface area contributed by atoms with Crippen LogP contribution in [-0.2, 0) is 9.59 Å². The highest BCUT2D eigenvalue weighted by Crippen LogP contribution is 2.34. The number of ether oxygens (including phenoxy) is 1. The number of anilines is 1. The van der Waals surface area contributed by atoms with E-state index in [1.807, 2.05) is 6.92 Å². The molecule has 0 aliphatic carbocycles. The predicted molar refractivity (Wildman–Crippen MR) is 93.3 cm³/mol. The van der Waals surface area contributed by atoms with E-state index in [9.17, 15) is 9.59 Å². The first kappa shape index (κ1) is 19.3. The maximum absolute atomic E-state index is 12.0. The van der Waals surface area contributed by atoms with Crippen LogP contribution in [0.25, 0.3) is 0 Å². The molecule has 5 nitrogen and oxygen atoms in total. The van der Waals surface area contributed by atoms with Crippen molar-refractivity contribution in [2.24, 2.45) is 0 Å². The summed E-state index contributed by atoms with van der Waals surface area (Å²) in [5, 5.41) is 3.42. The van der Waals surface area contributed by atoms with Crippen LogP contribution in [0.5, 0.6) is 5.75 Å². The molecular weight excluding hydrogens is 316 g/mol. The van der Waals surface area contributed by atoms with E-state index in [2.05, 4.69) is 12.2 Å². The van der Waals surface area contributed by atoms with Crippen molar-refractivity contribution in [3.05, 3.63) is 22.7 Å². The fourth-order valence-electron chi connectivity index (χ4n) is 2.18. The lowest BCUT2D eigenvalue weighted by Crippen LogP contribution is -2.34. The fraction of sp³-hybridized carbons (Fsp3) is 0.529. The van der Waals surface area contributed by atoms with Gasteiger partial charge in [-0.15, -0.1) is 0 Å². The van der Waals surface area contributed by atoms with E-state index < -0.39 is 0 Å². The smallest absolute Gasteiger partial charge is 0.223 e. The van der Waals surface area contributed by atoms with Crippen molar-refractivity contribution in [3.63, 3.8) is 0 Å². The second-order valence-electron chi connectivity index (χ2n) is 5.40. The summed E-state index contributed by atoms with van der Waals surface area (Å²) in [5.74, 6) is 0.308. The molecule has 2 amide bonds. The maximum atomic E-state index is 12.0. The summed E-state index contributed by atoms with van der Waals surface area (Å²) in [4.78, 5) is 25.4. The Kier molecular flexibility index (Phi) is 7.89. The number of hydrogen-bond donors (Lipinski definition) is 1. The third kappa shape index (κ3) is 5.75. The molecule has 0 aliphatic rings. The first-order valence-corrected chi connectivity index (χ1v) is 8.17. The van der Waals surface area contributed by atoms with E-state index in [4.69, 9.17) is 16.3 Å². The van der Waals surface area contributed by atoms with Gasteiger partial charge in [0.1, 0.15) is 5.75 Å². The number of methoxy groups -OCH3 is 1. The molecule has 0 unspecified atom stereocenters. The van der Waals surface area contributed by atoms with Gasteiger partial charge in [0.05, 0.1) is 12.8 Å². The number of carbonyl (C=O) groups excluding carboxylic acids is 2. The third-order valence-corrected chi connectivity index (χ3v) is 3.95. The van der Waals surface area contributed by atoms with E-state index in [0.29, 0.717) is 29.5 Å². The Hall–Kier alpha value is -1.75. The Morgan fingerprint density at radius 3 is 2.61 bits per heavy atom. The zero-order chi connectivity index (χ0) is 17.4. The Labute approximate surface area is 142 Å². The molecule has 0 radical (unpaired) electrons. The molecule has 0 saturated heterocycles. The summed E-state index contributed by atoms with van der Waals surface area (Å²) in [6.45, 7) is 6.36. The van der Waals surface area contributed by atoms with Gasteiger partial charge in [0.15, 0.2) is 0 Å². The average Bonchev–Trinajstić information content (AvgIpc) is 2.50. The van der Waals surface area contributed by atoms with Gasteiger partial charge >= 0.3 is 0 Å². The molecule has 0 spiro atoms. The maximum Gasteiger partial charge on any atom is 0.223 e. The van der Waals surface area contributed by atoms with E-state index in [1.54, 1.807) is 17.0 Å². The van der Waals surface area contributed by atoms with Gasteiger partial charge in [0.25, 0.3) is 0 Å². The minimum absolute atomic E-state index is 0.0608. The van der Waals surface area contributed by atoms with Crippen LogP contribution < -0.4 is 15.0 Å². The summed E-state index contributed by atoms with van der Waals surface area (Å²) in [5.41, 5.74) is 1.48. The van der Waals surface area contributed by atoms with Crippen molar-refractivity contribution in [2.75, 3.05) is 25.1 Å². The molecule has 0 heterocycles. The lowest BCUT2D eigenvalue weighted by Gasteiger charge is -2.24. The number of unbranched alkanes of at least 4 members (excludes halogenated alkanes) is 1. The lowest BCUT2D eigenvalue weighted by molar-refractivity contribution is -0.121. The van der Waals surface area contributed by atoms with Crippen LogP contribution in [0.4, 0.5) is 5.69 Å². The second-order valence-corrected chi connectivity index (χ2v) is 5.80. The van der Waals surface area contributed by atoms with Crippen LogP contribution in [0.1, 0.15) is 38.7 Å². The molecule has 6 heteroatoms. The average molecular weight is 341 g/mol. The number of nitrogens with one attached hydrogen (secondary N) is 1. The quantitative estimate of drug-likeness (QED) is 0.738. The molecule has 1 aromatic rings. The highest BCUT2D eigenvalue weighted by Gasteiger charge is 2.18. The molecule has 0 saturated carbocycles. The molecule has 0 bridgehead atoms. The van der Waals surface area contributed by atoms with Crippen molar-refractivity contribution < 1.29 is 14.3 Å². The van der Waals surface area contributed by atoms with Gasteiger partial charge in [-0.2, -0.15) is 0 Å². The van der Waals surface area contributed by atoms with Gasteiger partial charge < -0.3 is 15.0 Å². The minimum atomic E-state index is -0.147. The number of benzene rings is 1. The van der Waals surface area contributed by atoms with Crippen molar-refractivity contribution in [2.45, 2.75) is 40.0 Å². The first-order chi connectivity index (χ1) is 10.9. The molecule has 1 rings (SSSR count). The molecular formula is C17H25ClN2O3. The zero-order valence-corrected chi connectivity index (χ0v) is 15.0. The Morgan fingerprint density at radius 1 is 1.35 bits per heavy atom. The van der Waals surface area contributed by atoms with Crippen molar-refractivity contribution in [1.29, 1.82) is 0 Å². The molecule has 0 aromatic heterocycles. The van der Waals surface area contributed by atoms with Crippen LogP contribution in [0.15, 0.2) is 12.1 Å². The topological polar surface area (TPSA) is 58.6 Å². The van der Waals surface area contributed by atoms with Crippen LogP contribution in [0, 0.1) is 6.92 Å². The fourth-order valence-corrected chi connectivity index (χ4v) is 2.33. The number of rotatable bonds is 8. The number of amides is 2. The van der Waals surface area contributed by atoms with Crippen molar-refractivity contribution in [3.8, 4) is 5.75 Å². The molecule has 1 aromatic carbocycles. The number of nitrogens with zero attached hydrogens (tertiary/aromatic N) is 1. The Morgan fingerprint density at radius 2 is 2.04 bits per heavy atom. The van der Waals surface area contributed by atoms with Crippen LogP contribution in [0.2, 0.25) is 5.02 Å². The van der Waals surface area contributed by atoms with E-state index in [1.165, 1.54) is 14.0 Å². The summed E-state index contributed by atoms with van der Waals surface area (Å²) >= 11 is 6.10. The third-order valence-electron chi connectivity index (χ3n) is 3.55. The molecule has 23 heavy (non-hydrogen) atoms. The summed E-state index contributed by atoms with van der Waals surface area (Å²) in [7, 11) is 1.53. The normalized spacial score (nSPS) is 10.3. The van der Waals surface area contributed by atoms with Crippen molar-refractivity contribution in [1.82, 2.24) is 5.32 Å². The van der Waals surface area contributed by atoms with E-state index in [-0.39, 0.29) is 18.2 Å². The molecule has 0 atom stereocenters. The largest absolute Gasteiger partial charge is 0.495 e. The highest BCUT2D eigenvalue weighted by atomic mass is 35.5. The summed E-state index contributed by atoms with van der Waals surface area (Å²) < 4.78 is 5.32. The lowest BCUT2D eigenvalue weighted by atomic mass is 10.1. The number of halogens is 1.